The number of phenolic OH excluding ortho intramolecular Hbond substituents is 1. The predicted molar refractivity (Wildman–Crippen MR) is 190 cm³/mol. The van der Waals surface area contributed by atoms with Crippen LogP contribution in [0.4, 0.5) is 10.6 Å². The van der Waals surface area contributed by atoms with E-state index in [2.05, 4.69) is 54.9 Å². The molecule has 0 atom stereocenters. The average molecular weight is 654 g/mol. The van der Waals surface area contributed by atoms with Gasteiger partial charge in [-0.2, -0.15) is 22.0 Å². The minimum Gasteiger partial charge on any atom is -0.507 e. The monoisotopic (exact) mass is 653 g/mol. The van der Waals surface area contributed by atoms with Gasteiger partial charge in [-0.25, -0.2) is 9.48 Å². The molecule has 9 nitrogen and oxygen atoms in total. The van der Waals surface area contributed by atoms with E-state index in [0.29, 0.717) is 30.3 Å². The zero-order valence-electron chi connectivity index (χ0n) is 26.4. The SMILES string of the molecule is CCc1ccc(-n2nc(C(C)(C)SC)cc2NC(=O)NCc2ccccc2SC2=CN(/C(=N\N)c3ccccc3O)CC=C2)cc1. The van der Waals surface area contributed by atoms with Crippen LogP contribution in [0.2, 0.25) is 0 Å². The molecule has 4 aromatic rings. The van der Waals surface area contributed by atoms with E-state index in [0.717, 1.165) is 33.2 Å². The highest BCUT2D eigenvalue weighted by Crippen LogP contribution is 2.35. The number of amides is 2. The van der Waals surface area contributed by atoms with Crippen molar-refractivity contribution in [1.82, 2.24) is 20.0 Å². The van der Waals surface area contributed by atoms with Crippen LogP contribution in [0.1, 0.15) is 43.2 Å². The number of urea groups is 1. The molecule has 1 aromatic heterocycles. The molecule has 0 saturated carbocycles. The summed E-state index contributed by atoms with van der Waals surface area (Å²) in [6.45, 7) is 7.25. The number of rotatable bonds is 10. The molecule has 0 aliphatic carbocycles. The Hall–Kier alpha value is -4.61. The lowest BCUT2D eigenvalue weighted by Gasteiger charge is -2.24. The molecule has 2 amide bonds. The fraction of sp³-hybridized carbons (Fsp3) is 0.229. The Labute approximate surface area is 278 Å². The highest BCUT2D eigenvalue weighted by molar-refractivity contribution is 8.03. The van der Waals surface area contributed by atoms with Gasteiger partial charge in [0, 0.05) is 35.2 Å². The Bertz CT molecular complexity index is 1780. The highest BCUT2D eigenvalue weighted by atomic mass is 32.2. The van der Waals surface area contributed by atoms with Crippen LogP contribution in [0.3, 0.4) is 0 Å². The number of hydrogen-bond acceptors (Lipinski definition) is 7. The molecular weight excluding hydrogens is 615 g/mol. The van der Waals surface area contributed by atoms with Crippen molar-refractivity contribution in [2.45, 2.75) is 43.4 Å². The first-order valence-electron chi connectivity index (χ1n) is 15.0. The third kappa shape index (κ3) is 7.60. The van der Waals surface area contributed by atoms with Gasteiger partial charge in [0.05, 0.1) is 21.7 Å². The maximum Gasteiger partial charge on any atom is 0.320 e. The highest BCUT2D eigenvalue weighted by Gasteiger charge is 2.25. The van der Waals surface area contributed by atoms with Gasteiger partial charge < -0.3 is 21.2 Å². The van der Waals surface area contributed by atoms with Crippen molar-refractivity contribution in [3.63, 3.8) is 0 Å². The van der Waals surface area contributed by atoms with E-state index >= 15 is 0 Å². The number of hydrazone groups is 1. The van der Waals surface area contributed by atoms with Crippen molar-refractivity contribution < 1.29 is 9.90 Å². The molecule has 0 saturated heterocycles. The molecule has 238 valence electrons. The first kappa shape index (κ1) is 32.8. The second kappa shape index (κ2) is 14.7. The maximum atomic E-state index is 13.3. The summed E-state index contributed by atoms with van der Waals surface area (Å²) in [7, 11) is 0. The average Bonchev–Trinajstić information content (AvgIpc) is 3.50. The number of nitrogens with zero attached hydrogens (tertiary/aromatic N) is 4. The number of allylic oxidation sites excluding steroid dienone is 1. The van der Waals surface area contributed by atoms with E-state index in [1.807, 2.05) is 71.8 Å². The van der Waals surface area contributed by atoms with Gasteiger partial charge in [0.15, 0.2) is 5.84 Å². The Morgan fingerprint density at radius 2 is 1.83 bits per heavy atom. The number of nitrogens with one attached hydrogen (secondary N) is 2. The molecule has 1 aliphatic rings. The van der Waals surface area contributed by atoms with Crippen molar-refractivity contribution in [3.05, 3.63) is 125 Å². The van der Waals surface area contributed by atoms with E-state index in [9.17, 15) is 9.90 Å². The number of carbonyl (C=O) groups is 1. The molecule has 5 N–H and O–H groups in total. The first-order valence-corrected chi connectivity index (χ1v) is 17.0. The number of aromatic nitrogens is 2. The molecule has 46 heavy (non-hydrogen) atoms. The fourth-order valence-corrected chi connectivity index (χ4v) is 6.18. The molecule has 3 aromatic carbocycles. The van der Waals surface area contributed by atoms with Crippen LogP contribution in [-0.2, 0) is 17.7 Å². The van der Waals surface area contributed by atoms with Crippen LogP contribution in [-0.4, -0.2) is 44.5 Å². The Morgan fingerprint density at radius 3 is 2.54 bits per heavy atom. The lowest BCUT2D eigenvalue weighted by Crippen LogP contribution is -2.30. The molecule has 0 unspecified atom stereocenters. The summed E-state index contributed by atoms with van der Waals surface area (Å²) in [4.78, 5) is 17.1. The number of thioether (sulfide) groups is 2. The number of aromatic hydroxyl groups is 1. The van der Waals surface area contributed by atoms with Crippen molar-refractivity contribution in [1.29, 1.82) is 0 Å². The number of benzene rings is 3. The second-order valence-corrected chi connectivity index (χ2v) is 13.7. The third-order valence-electron chi connectivity index (χ3n) is 7.71. The topological polar surface area (TPSA) is 121 Å². The van der Waals surface area contributed by atoms with Gasteiger partial charge in [-0.05, 0) is 74.1 Å². The van der Waals surface area contributed by atoms with Crippen molar-refractivity contribution in [3.8, 4) is 11.4 Å². The minimum absolute atomic E-state index is 0.111. The number of amidine groups is 1. The number of hydrogen-bond donors (Lipinski definition) is 4. The lowest BCUT2D eigenvalue weighted by molar-refractivity contribution is 0.251. The summed E-state index contributed by atoms with van der Waals surface area (Å²) in [6.07, 6.45) is 9.03. The maximum absolute atomic E-state index is 13.3. The number of aryl methyl sites for hydroxylation is 1. The lowest BCUT2D eigenvalue weighted by atomic mass is 10.1. The zero-order chi connectivity index (χ0) is 32.7. The summed E-state index contributed by atoms with van der Waals surface area (Å²) in [5.74, 6) is 6.93. The van der Waals surface area contributed by atoms with Crippen molar-refractivity contribution >= 4 is 41.2 Å². The Kier molecular flexibility index (Phi) is 10.4. The zero-order valence-corrected chi connectivity index (χ0v) is 28.0. The van der Waals surface area contributed by atoms with Gasteiger partial charge in [0.1, 0.15) is 11.6 Å². The van der Waals surface area contributed by atoms with Crippen LogP contribution in [0.5, 0.6) is 5.75 Å². The number of carbonyl (C=O) groups excluding carboxylic acids is 1. The fourth-order valence-electron chi connectivity index (χ4n) is 4.85. The number of anilines is 1. The van der Waals surface area contributed by atoms with Gasteiger partial charge in [-0.1, -0.05) is 67.2 Å². The second-order valence-electron chi connectivity index (χ2n) is 11.1. The van der Waals surface area contributed by atoms with E-state index in [4.69, 9.17) is 10.9 Å². The Morgan fingerprint density at radius 1 is 1.09 bits per heavy atom. The van der Waals surface area contributed by atoms with Crippen LogP contribution < -0.4 is 16.5 Å². The summed E-state index contributed by atoms with van der Waals surface area (Å²) < 4.78 is 1.56. The summed E-state index contributed by atoms with van der Waals surface area (Å²) in [6, 6.07) is 24.8. The number of nitrogens with two attached hydrogens (primary N) is 1. The molecule has 1 aliphatic heterocycles. The standard InChI is InChI=1S/C35H39N7O2S2/c1-5-24-16-18-26(19-17-24)42-32(21-31(40-42)35(2,3)45-4)38-34(44)37-22-25-11-6-9-15-30(25)46-27-12-10-20-41(23-27)33(39-36)28-13-7-8-14-29(28)43/h6-19,21,23,43H,5,20,22,36H2,1-4H3,(H2,37,38,44)/b39-33-. The largest absolute Gasteiger partial charge is 0.507 e. The first-order chi connectivity index (χ1) is 22.2. The molecule has 0 spiro atoms. The number of phenols is 1. The molecule has 11 heteroatoms. The van der Waals surface area contributed by atoms with Gasteiger partial charge in [-0.15, -0.1) is 0 Å². The molecule has 2 heterocycles. The van der Waals surface area contributed by atoms with Gasteiger partial charge in [-0.3, -0.25) is 5.32 Å². The summed E-state index contributed by atoms with van der Waals surface area (Å²) in [5, 5.41) is 25.3. The molecule has 0 bridgehead atoms. The quantitative estimate of drug-likeness (QED) is 0.0619. The van der Waals surface area contributed by atoms with Crippen LogP contribution in [0.15, 0.2) is 112 Å². The third-order valence-corrected chi connectivity index (χ3v) is 10.0. The van der Waals surface area contributed by atoms with Gasteiger partial charge in [0.2, 0.25) is 0 Å². The predicted octanol–water partition coefficient (Wildman–Crippen LogP) is 7.19. The molecule has 5 rings (SSSR count). The van der Waals surface area contributed by atoms with Gasteiger partial charge >= 0.3 is 6.03 Å². The Balaban J connectivity index is 1.30. The molecule has 0 fully saturated rings. The van der Waals surface area contributed by atoms with Gasteiger partial charge in [0.25, 0.3) is 0 Å². The summed E-state index contributed by atoms with van der Waals surface area (Å²) in [5.41, 5.74) is 4.52. The summed E-state index contributed by atoms with van der Waals surface area (Å²) >= 11 is 3.28. The van der Waals surface area contributed by atoms with E-state index in [1.165, 1.54) is 5.56 Å². The van der Waals surface area contributed by atoms with Crippen LogP contribution in [0, 0.1) is 0 Å². The molecule has 0 radical (unpaired) electrons. The van der Waals surface area contributed by atoms with Crippen molar-refractivity contribution in [2.24, 2.45) is 10.9 Å². The molecular formula is C35H39N7O2S2. The normalized spacial score (nSPS) is 13.4. The minimum atomic E-state index is -0.325. The van der Waals surface area contributed by atoms with E-state index in [1.54, 1.807) is 46.4 Å². The van der Waals surface area contributed by atoms with Crippen molar-refractivity contribution in [2.75, 3.05) is 18.1 Å². The van der Waals surface area contributed by atoms with E-state index < -0.39 is 0 Å². The van der Waals surface area contributed by atoms with E-state index in [-0.39, 0.29) is 16.5 Å². The number of para-hydroxylation sites is 1. The smallest absolute Gasteiger partial charge is 0.320 e. The van der Waals surface area contributed by atoms with Crippen LogP contribution >= 0.6 is 23.5 Å². The van der Waals surface area contributed by atoms with Crippen LogP contribution in [0.25, 0.3) is 5.69 Å².